The van der Waals surface area contributed by atoms with Crippen LogP contribution in [-0.4, -0.2) is 91.5 Å². The van der Waals surface area contributed by atoms with Crippen molar-refractivity contribution < 1.29 is 4.79 Å². The number of benzene rings is 1. The number of hydrogen-bond donors (Lipinski definition) is 2. The van der Waals surface area contributed by atoms with Crippen molar-refractivity contribution in [2.24, 2.45) is 4.99 Å². The maximum atomic E-state index is 12.0. The molecule has 1 aliphatic heterocycles. The van der Waals surface area contributed by atoms with E-state index in [1.54, 1.807) is 0 Å². The summed E-state index contributed by atoms with van der Waals surface area (Å²) in [6.45, 7) is 11.2. The minimum Gasteiger partial charge on any atom is -0.357 e. The molecule has 1 aromatic carbocycles. The molecule has 3 rings (SSSR count). The van der Waals surface area contributed by atoms with Crippen LogP contribution in [0.25, 0.3) is 0 Å². The third-order valence-corrected chi connectivity index (χ3v) is 6.15. The molecule has 32 heavy (non-hydrogen) atoms. The number of hydrogen-bond acceptors (Lipinski definition) is 4. The summed E-state index contributed by atoms with van der Waals surface area (Å²) in [7, 11) is 2.19. The van der Waals surface area contributed by atoms with Crippen LogP contribution in [0, 0.1) is 0 Å². The molecule has 1 amide bonds. The maximum Gasteiger partial charge on any atom is 0.234 e. The number of amides is 1. The van der Waals surface area contributed by atoms with E-state index in [2.05, 4.69) is 76.6 Å². The topological polar surface area (TPSA) is 63.2 Å². The van der Waals surface area contributed by atoms with Crippen LogP contribution in [0.3, 0.4) is 0 Å². The lowest BCUT2D eigenvalue weighted by Gasteiger charge is -2.36. The van der Waals surface area contributed by atoms with E-state index in [1.165, 1.54) is 5.56 Å². The zero-order valence-corrected chi connectivity index (χ0v) is 22.3. The number of nitrogens with zero attached hydrogens (tertiary/aromatic N) is 4. The van der Waals surface area contributed by atoms with Gasteiger partial charge in [-0.3, -0.25) is 19.6 Å². The molecule has 8 heteroatoms. The average molecular weight is 557 g/mol. The molecule has 1 aliphatic carbocycles. The Morgan fingerprint density at radius 3 is 2.50 bits per heavy atom. The quantitative estimate of drug-likeness (QED) is 0.263. The summed E-state index contributed by atoms with van der Waals surface area (Å²) in [5.74, 6) is 1.17. The second-order valence-corrected chi connectivity index (χ2v) is 8.88. The summed E-state index contributed by atoms with van der Waals surface area (Å²) in [6, 6.07) is 11.5. The number of rotatable bonds is 10. The standard InChI is InChI=1S/C24H40N6O.HI/c1-4-25-24(26-13-12-20(2)28(3)18-21-8-6-5-7-9-21)30-16-14-29(15-17-30)19-23(31)27-22-10-11-22;/h5-9,20,22H,4,10-19H2,1-3H3,(H,25,26)(H,27,31);1H. The average Bonchev–Trinajstić information content (AvgIpc) is 3.58. The number of nitrogens with one attached hydrogen (secondary N) is 2. The Labute approximate surface area is 211 Å². The highest BCUT2D eigenvalue weighted by Crippen LogP contribution is 2.18. The van der Waals surface area contributed by atoms with Crippen LogP contribution in [0.5, 0.6) is 0 Å². The van der Waals surface area contributed by atoms with Gasteiger partial charge in [-0.15, -0.1) is 24.0 Å². The Morgan fingerprint density at radius 2 is 1.88 bits per heavy atom. The Bertz CT molecular complexity index is 704. The predicted octanol–water partition coefficient (Wildman–Crippen LogP) is 2.38. The van der Waals surface area contributed by atoms with Gasteiger partial charge in [0.1, 0.15) is 0 Å². The number of carbonyl (C=O) groups excluding carboxylic acids is 1. The molecule has 180 valence electrons. The molecule has 1 heterocycles. The van der Waals surface area contributed by atoms with Gasteiger partial charge in [0.15, 0.2) is 5.96 Å². The second-order valence-electron chi connectivity index (χ2n) is 8.88. The van der Waals surface area contributed by atoms with Gasteiger partial charge in [-0.25, -0.2) is 0 Å². The van der Waals surface area contributed by atoms with Crippen LogP contribution in [0.1, 0.15) is 38.7 Å². The van der Waals surface area contributed by atoms with E-state index >= 15 is 0 Å². The molecule has 0 aromatic heterocycles. The first-order chi connectivity index (χ1) is 15.0. The lowest BCUT2D eigenvalue weighted by atomic mass is 10.1. The fraction of sp³-hybridized carbons (Fsp3) is 0.667. The van der Waals surface area contributed by atoms with Gasteiger partial charge in [-0.2, -0.15) is 0 Å². The molecular formula is C24H41IN6O. The number of guanidine groups is 1. The van der Waals surface area contributed by atoms with E-state index in [4.69, 9.17) is 4.99 Å². The third-order valence-electron chi connectivity index (χ3n) is 6.15. The molecule has 1 aromatic rings. The molecule has 7 nitrogen and oxygen atoms in total. The van der Waals surface area contributed by atoms with Crippen LogP contribution in [0.15, 0.2) is 35.3 Å². The second kappa shape index (κ2) is 14.0. The molecule has 1 saturated heterocycles. The number of halogens is 1. The zero-order chi connectivity index (χ0) is 22.1. The van der Waals surface area contributed by atoms with Gasteiger partial charge >= 0.3 is 0 Å². The van der Waals surface area contributed by atoms with Gasteiger partial charge in [0.25, 0.3) is 0 Å². The highest BCUT2D eigenvalue weighted by molar-refractivity contribution is 14.0. The van der Waals surface area contributed by atoms with Crippen molar-refractivity contribution >= 4 is 35.8 Å². The van der Waals surface area contributed by atoms with Crippen molar-refractivity contribution in [1.29, 1.82) is 0 Å². The van der Waals surface area contributed by atoms with Gasteiger partial charge in [0.05, 0.1) is 6.54 Å². The Morgan fingerprint density at radius 1 is 1.19 bits per heavy atom. The number of piperazine rings is 1. The van der Waals surface area contributed by atoms with Gasteiger partial charge in [-0.05, 0) is 45.7 Å². The van der Waals surface area contributed by atoms with E-state index in [0.29, 0.717) is 18.6 Å². The first-order valence-corrected chi connectivity index (χ1v) is 11.8. The van der Waals surface area contributed by atoms with Crippen molar-refractivity contribution in [2.45, 2.75) is 51.7 Å². The lowest BCUT2D eigenvalue weighted by molar-refractivity contribution is -0.122. The minimum atomic E-state index is 0. The van der Waals surface area contributed by atoms with E-state index < -0.39 is 0 Å². The van der Waals surface area contributed by atoms with E-state index in [0.717, 1.165) is 71.0 Å². The molecule has 1 atom stereocenters. The van der Waals surface area contributed by atoms with Crippen LogP contribution >= 0.6 is 24.0 Å². The molecule has 1 unspecified atom stereocenters. The SMILES string of the molecule is CCNC(=NCCC(C)N(C)Cc1ccccc1)N1CCN(CC(=O)NC2CC2)CC1.I. The molecule has 0 radical (unpaired) electrons. The van der Waals surface area contributed by atoms with Crippen LogP contribution < -0.4 is 10.6 Å². The zero-order valence-electron chi connectivity index (χ0n) is 19.9. The van der Waals surface area contributed by atoms with Crippen molar-refractivity contribution in [3.63, 3.8) is 0 Å². The summed E-state index contributed by atoms with van der Waals surface area (Å²) in [6.07, 6.45) is 3.31. The highest BCUT2D eigenvalue weighted by Gasteiger charge is 2.26. The number of aliphatic imine (C=N–C) groups is 1. The normalized spacial score (nSPS) is 18.2. The van der Waals surface area contributed by atoms with Crippen LogP contribution in [-0.2, 0) is 11.3 Å². The van der Waals surface area contributed by atoms with Crippen molar-refractivity contribution in [3.05, 3.63) is 35.9 Å². The first-order valence-electron chi connectivity index (χ1n) is 11.8. The molecule has 0 bridgehead atoms. The lowest BCUT2D eigenvalue weighted by Crippen LogP contribution is -2.54. The molecule has 2 fully saturated rings. The molecule has 0 spiro atoms. The van der Waals surface area contributed by atoms with Crippen molar-refractivity contribution in [1.82, 2.24) is 25.3 Å². The molecule has 1 saturated carbocycles. The Kier molecular flexibility index (Phi) is 11.7. The minimum absolute atomic E-state index is 0. The fourth-order valence-corrected chi connectivity index (χ4v) is 3.85. The van der Waals surface area contributed by atoms with E-state index in [-0.39, 0.29) is 29.9 Å². The summed E-state index contributed by atoms with van der Waals surface area (Å²) in [5.41, 5.74) is 1.34. The summed E-state index contributed by atoms with van der Waals surface area (Å²) in [4.78, 5) is 23.9. The molecular weight excluding hydrogens is 515 g/mol. The van der Waals surface area contributed by atoms with Crippen molar-refractivity contribution in [2.75, 3.05) is 52.9 Å². The van der Waals surface area contributed by atoms with Gasteiger partial charge in [-0.1, -0.05) is 30.3 Å². The maximum absolute atomic E-state index is 12.0. The van der Waals surface area contributed by atoms with Crippen LogP contribution in [0.2, 0.25) is 0 Å². The highest BCUT2D eigenvalue weighted by atomic mass is 127. The van der Waals surface area contributed by atoms with Gasteiger partial charge in [0, 0.05) is 57.9 Å². The molecule has 2 aliphatic rings. The van der Waals surface area contributed by atoms with Gasteiger partial charge < -0.3 is 15.5 Å². The van der Waals surface area contributed by atoms with Gasteiger partial charge in [0.2, 0.25) is 5.91 Å². The van der Waals surface area contributed by atoms with E-state index in [1.807, 2.05) is 0 Å². The van der Waals surface area contributed by atoms with Crippen LogP contribution in [0.4, 0.5) is 0 Å². The fourth-order valence-electron chi connectivity index (χ4n) is 3.85. The predicted molar refractivity (Wildman–Crippen MR) is 143 cm³/mol. The Balaban J connectivity index is 0.00000363. The number of carbonyl (C=O) groups is 1. The smallest absolute Gasteiger partial charge is 0.234 e. The summed E-state index contributed by atoms with van der Waals surface area (Å²) < 4.78 is 0. The summed E-state index contributed by atoms with van der Waals surface area (Å²) >= 11 is 0. The van der Waals surface area contributed by atoms with E-state index in [9.17, 15) is 4.79 Å². The van der Waals surface area contributed by atoms with Crippen molar-refractivity contribution in [3.8, 4) is 0 Å². The third kappa shape index (κ3) is 9.23. The molecule has 2 N–H and O–H groups in total. The largest absolute Gasteiger partial charge is 0.357 e. The first kappa shape index (κ1) is 26.9. The Hall–Kier alpha value is -1.39. The summed E-state index contributed by atoms with van der Waals surface area (Å²) in [5, 5.41) is 6.53. The monoisotopic (exact) mass is 556 g/mol.